The summed E-state index contributed by atoms with van der Waals surface area (Å²) in [5, 5.41) is 2.70. The van der Waals surface area contributed by atoms with Crippen molar-refractivity contribution in [1.82, 2.24) is 0 Å². The first-order chi connectivity index (χ1) is 8.40. The molecule has 0 saturated heterocycles. The molecule has 0 bridgehead atoms. The van der Waals surface area contributed by atoms with Gasteiger partial charge in [0.1, 0.15) is 5.78 Å². The number of carbonyl (C=O) groups is 2. The molecule has 0 aliphatic rings. The Morgan fingerprint density at radius 3 is 2.11 bits per heavy atom. The van der Waals surface area contributed by atoms with Gasteiger partial charge in [-0.2, -0.15) is 0 Å². The molecule has 1 atom stereocenters. The fourth-order valence-corrected chi connectivity index (χ4v) is 1.64. The minimum atomic E-state index is -0.0905. The summed E-state index contributed by atoms with van der Waals surface area (Å²) >= 11 is 0. The van der Waals surface area contributed by atoms with Gasteiger partial charge in [0.25, 0.3) is 0 Å². The summed E-state index contributed by atoms with van der Waals surface area (Å²) in [5.41, 5.74) is 1.75. The molecule has 0 radical (unpaired) electrons. The van der Waals surface area contributed by atoms with Gasteiger partial charge in [-0.3, -0.25) is 9.59 Å². The second-order valence-corrected chi connectivity index (χ2v) is 5.05. The lowest BCUT2D eigenvalue weighted by Gasteiger charge is -2.14. The third-order valence-corrected chi connectivity index (χ3v) is 3.16. The summed E-state index contributed by atoms with van der Waals surface area (Å²) in [4.78, 5) is 22.8. The molecule has 1 N–H and O–H groups in total. The molecule has 1 unspecified atom stereocenters. The van der Waals surface area contributed by atoms with Crippen LogP contribution in [0.5, 0.6) is 0 Å². The monoisotopic (exact) mass is 247 g/mol. The summed E-state index contributed by atoms with van der Waals surface area (Å²) in [5.74, 6) is 0.626. The van der Waals surface area contributed by atoms with Crippen molar-refractivity contribution in [2.24, 2.45) is 11.8 Å². The molecule has 1 rings (SSSR count). The van der Waals surface area contributed by atoms with E-state index in [2.05, 4.69) is 19.2 Å². The average molecular weight is 247 g/mol. The zero-order valence-electron chi connectivity index (χ0n) is 11.5. The van der Waals surface area contributed by atoms with E-state index in [1.807, 2.05) is 31.2 Å². The van der Waals surface area contributed by atoms with Gasteiger partial charge < -0.3 is 5.32 Å². The molecule has 0 spiro atoms. The first-order valence-electron chi connectivity index (χ1n) is 6.29. The van der Waals surface area contributed by atoms with E-state index in [0.717, 1.165) is 11.3 Å². The second kappa shape index (κ2) is 6.34. The van der Waals surface area contributed by atoms with E-state index < -0.39 is 0 Å². The maximum Gasteiger partial charge on any atom is 0.221 e. The van der Waals surface area contributed by atoms with Crippen molar-refractivity contribution < 1.29 is 9.59 Å². The molecule has 18 heavy (non-hydrogen) atoms. The molecular weight excluding hydrogens is 226 g/mol. The quantitative estimate of drug-likeness (QED) is 0.869. The van der Waals surface area contributed by atoms with E-state index in [1.54, 1.807) is 0 Å². The predicted octanol–water partition coefficient (Wildman–Crippen LogP) is 3.05. The SMILES string of the molecule is CC(=O)Nc1ccc(CC(=O)C(C)C(C)C)cc1. The fourth-order valence-electron chi connectivity index (χ4n) is 1.64. The molecule has 0 saturated carbocycles. The number of Topliss-reactive ketones (excluding diaryl/α,β-unsaturated/α-hetero) is 1. The Hall–Kier alpha value is -1.64. The lowest BCUT2D eigenvalue weighted by Crippen LogP contribution is -2.18. The normalized spacial score (nSPS) is 12.3. The first-order valence-corrected chi connectivity index (χ1v) is 6.29. The highest BCUT2D eigenvalue weighted by Crippen LogP contribution is 2.15. The number of anilines is 1. The summed E-state index contributed by atoms with van der Waals surface area (Å²) < 4.78 is 0. The van der Waals surface area contributed by atoms with E-state index in [1.165, 1.54) is 6.92 Å². The third kappa shape index (κ3) is 4.32. The van der Waals surface area contributed by atoms with Crippen LogP contribution in [-0.2, 0) is 16.0 Å². The highest BCUT2D eigenvalue weighted by atomic mass is 16.1. The number of hydrogen-bond acceptors (Lipinski definition) is 2. The van der Waals surface area contributed by atoms with Crippen molar-refractivity contribution >= 4 is 17.4 Å². The Morgan fingerprint density at radius 2 is 1.67 bits per heavy atom. The minimum absolute atomic E-state index is 0.0834. The van der Waals surface area contributed by atoms with E-state index in [0.29, 0.717) is 12.3 Å². The van der Waals surface area contributed by atoms with Crippen LogP contribution < -0.4 is 5.32 Å². The Bertz CT molecular complexity index is 421. The number of benzene rings is 1. The number of carbonyl (C=O) groups excluding carboxylic acids is 2. The van der Waals surface area contributed by atoms with Crippen molar-refractivity contribution in [3.8, 4) is 0 Å². The lowest BCUT2D eigenvalue weighted by molar-refractivity contribution is -0.122. The van der Waals surface area contributed by atoms with Crippen LogP contribution in [0.4, 0.5) is 5.69 Å². The molecule has 0 aliphatic carbocycles. The maximum atomic E-state index is 11.9. The van der Waals surface area contributed by atoms with E-state index in [-0.39, 0.29) is 17.6 Å². The van der Waals surface area contributed by atoms with Crippen LogP contribution in [0.15, 0.2) is 24.3 Å². The van der Waals surface area contributed by atoms with Gasteiger partial charge >= 0.3 is 0 Å². The van der Waals surface area contributed by atoms with Crippen molar-refractivity contribution in [2.45, 2.75) is 34.1 Å². The number of nitrogens with one attached hydrogen (secondary N) is 1. The van der Waals surface area contributed by atoms with Gasteiger partial charge in [0, 0.05) is 24.9 Å². The fraction of sp³-hybridized carbons (Fsp3) is 0.467. The minimum Gasteiger partial charge on any atom is -0.326 e. The van der Waals surface area contributed by atoms with E-state index in [4.69, 9.17) is 0 Å². The standard InChI is InChI=1S/C15H21NO2/c1-10(2)11(3)15(18)9-13-5-7-14(8-6-13)16-12(4)17/h5-8,10-11H,9H2,1-4H3,(H,16,17). The number of amides is 1. The van der Waals surface area contributed by atoms with Gasteiger partial charge in [0.2, 0.25) is 5.91 Å². The van der Waals surface area contributed by atoms with Crippen LogP contribution in [0.25, 0.3) is 0 Å². The van der Waals surface area contributed by atoms with Gasteiger partial charge in [-0.1, -0.05) is 32.9 Å². The molecule has 3 heteroatoms. The maximum absolute atomic E-state index is 11.9. The molecule has 98 valence electrons. The Labute approximate surface area is 109 Å². The van der Waals surface area contributed by atoms with Gasteiger partial charge in [-0.05, 0) is 23.6 Å². The summed E-state index contributed by atoms with van der Waals surface area (Å²) in [6.45, 7) is 7.56. The second-order valence-electron chi connectivity index (χ2n) is 5.05. The highest BCUT2D eigenvalue weighted by molar-refractivity contribution is 5.88. The third-order valence-electron chi connectivity index (χ3n) is 3.16. The van der Waals surface area contributed by atoms with Crippen molar-refractivity contribution in [2.75, 3.05) is 5.32 Å². The number of hydrogen-bond donors (Lipinski definition) is 1. The largest absolute Gasteiger partial charge is 0.326 e. The van der Waals surface area contributed by atoms with Crippen LogP contribution in [0.1, 0.15) is 33.3 Å². The van der Waals surface area contributed by atoms with Crippen molar-refractivity contribution in [3.05, 3.63) is 29.8 Å². The Morgan fingerprint density at radius 1 is 1.11 bits per heavy atom. The number of ketones is 1. The molecule has 1 aromatic carbocycles. The molecule has 0 aromatic heterocycles. The molecule has 1 amide bonds. The molecule has 0 fully saturated rings. The van der Waals surface area contributed by atoms with E-state index in [9.17, 15) is 9.59 Å². The summed E-state index contributed by atoms with van der Waals surface area (Å²) in [7, 11) is 0. The molecule has 0 aliphatic heterocycles. The van der Waals surface area contributed by atoms with Gasteiger partial charge in [0.05, 0.1) is 0 Å². The highest BCUT2D eigenvalue weighted by Gasteiger charge is 2.16. The van der Waals surface area contributed by atoms with Gasteiger partial charge in [-0.25, -0.2) is 0 Å². The van der Waals surface area contributed by atoms with E-state index >= 15 is 0 Å². The van der Waals surface area contributed by atoms with Crippen molar-refractivity contribution in [3.63, 3.8) is 0 Å². The molecule has 1 aromatic rings. The summed E-state index contributed by atoms with van der Waals surface area (Å²) in [6.07, 6.45) is 0.458. The molecule has 0 heterocycles. The Kier molecular flexibility index (Phi) is 5.08. The smallest absolute Gasteiger partial charge is 0.221 e. The van der Waals surface area contributed by atoms with Crippen LogP contribution in [0.2, 0.25) is 0 Å². The van der Waals surface area contributed by atoms with Crippen LogP contribution >= 0.6 is 0 Å². The van der Waals surface area contributed by atoms with Gasteiger partial charge in [0.15, 0.2) is 0 Å². The molecule has 3 nitrogen and oxygen atoms in total. The average Bonchev–Trinajstić information content (AvgIpc) is 2.29. The number of rotatable bonds is 5. The summed E-state index contributed by atoms with van der Waals surface area (Å²) in [6, 6.07) is 7.42. The Balaban J connectivity index is 2.63. The predicted molar refractivity (Wildman–Crippen MR) is 73.5 cm³/mol. The first kappa shape index (κ1) is 14.4. The van der Waals surface area contributed by atoms with Crippen LogP contribution in [-0.4, -0.2) is 11.7 Å². The van der Waals surface area contributed by atoms with Crippen molar-refractivity contribution in [1.29, 1.82) is 0 Å². The zero-order valence-corrected chi connectivity index (χ0v) is 11.5. The van der Waals surface area contributed by atoms with Crippen LogP contribution in [0.3, 0.4) is 0 Å². The van der Waals surface area contributed by atoms with Gasteiger partial charge in [-0.15, -0.1) is 0 Å². The van der Waals surface area contributed by atoms with Crippen LogP contribution in [0, 0.1) is 11.8 Å². The zero-order chi connectivity index (χ0) is 13.7. The molecular formula is C15H21NO2. The topological polar surface area (TPSA) is 46.2 Å². The lowest BCUT2D eigenvalue weighted by atomic mass is 9.90.